The van der Waals surface area contributed by atoms with Crippen LogP contribution in [0.3, 0.4) is 0 Å². The number of ether oxygens (including phenoxy) is 1. The molecule has 0 spiro atoms. The molecule has 7 nitrogen and oxygen atoms in total. The molecule has 184 valence electrons. The first-order valence-electron chi connectivity index (χ1n) is 11.7. The number of morpholine rings is 1. The van der Waals surface area contributed by atoms with Gasteiger partial charge in [0.1, 0.15) is 17.6 Å². The summed E-state index contributed by atoms with van der Waals surface area (Å²) >= 11 is 0. The van der Waals surface area contributed by atoms with Crippen LogP contribution in [0.5, 0.6) is 0 Å². The third-order valence-electron chi connectivity index (χ3n) is 6.48. The summed E-state index contributed by atoms with van der Waals surface area (Å²) in [6, 6.07) is 18.2. The van der Waals surface area contributed by atoms with E-state index < -0.39 is 0 Å². The van der Waals surface area contributed by atoms with Gasteiger partial charge < -0.3 is 14.0 Å². The third-order valence-corrected chi connectivity index (χ3v) is 6.48. The number of rotatable bonds is 5. The summed E-state index contributed by atoms with van der Waals surface area (Å²) in [4.78, 5) is 20.3. The third kappa shape index (κ3) is 4.57. The molecule has 0 amide bonds. The number of hydrogen-bond donors (Lipinski definition) is 0. The number of fused-ring (bicyclic) bond motifs is 2. The summed E-state index contributed by atoms with van der Waals surface area (Å²) in [5.41, 5.74) is 3.30. The second kappa shape index (κ2) is 10.1. The Balaban J connectivity index is 0.00000267. The highest BCUT2D eigenvalue weighted by molar-refractivity contribution is 5.93. The van der Waals surface area contributed by atoms with E-state index in [4.69, 9.17) is 4.74 Å². The van der Waals surface area contributed by atoms with E-state index in [1.54, 1.807) is 12.3 Å². The second-order valence-electron chi connectivity index (χ2n) is 8.72. The summed E-state index contributed by atoms with van der Waals surface area (Å²) in [5, 5.41) is 5.85. The van der Waals surface area contributed by atoms with Gasteiger partial charge in [0.2, 0.25) is 0 Å². The van der Waals surface area contributed by atoms with Crippen LogP contribution in [0, 0.1) is 5.82 Å². The summed E-state index contributed by atoms with van der Waals surface area (Å²) in [6.45, 7) is 2.10. The number of anilines is 1. The average molecular weight is 506 g/mol. The van der Waals surface area contributed by atoms with Gasteiger partial charge in [-0.1, -0.05) is 30.3 Å². The van der Waals surface area contributed by atoms with Crippen molar-refractivity contribution < 1.29 is 9.13 Å². The molecule has 0 radical (unpaired) electrons. The van der Waals surface area contributed by atoms with Gasteiger partial charge in [0.25, 0.3) is 5.56 Å². The summed E-state index contributed by atoms with van der Waals surface area (Å²) in [6.07, 6.45) is 6.01. The first kappa shape index (κ1) is 24.0. The minimum atomic E-state index is -0.284. The molecule has 0 N–H and O–H groups in total. The van der Waals surface area contributed by atoms with Crippen molar-refractivity contribution in [3.05, 3.63) is 107 Å². The van der Waals surface area contributed by atoms with Gasteiger partial charge in [-0.25, -0.2) is 14.1 Å². The lowest BCUT2D eigenvalue weighted by Crippen LogP contribution is -2.39. The molecule has 1 aliphatic heterocycles. The molecule has 4 heterocycles. The fourth-order valence-electron chi connectivity index (χ4n) is 4.74. The van der Waals surface area contributed by atoms with E-state index in [2.05, 4.69) is 15.0 Å². The molecule has 0 bridgehead atoms. The van der Waals surface area contributed by atoms with E-state index in [9.17, 15) is 9.18 Å². The minimum absolute atomic E-state index is 0. The van der Waals surface area contributed by atoms with Gasteiger partial charge in [-0.2, -0.15) is 5.10 Å². The lowest BCUT2D eigenvalue weighted by Gasteiger charge is -2.35. The molecule has 0 saturated carbocycles. The topological polar surface area (TPSA) is 64.7 Å². The Morgan fingerprint density at radius 3 is 2.83 bits per heavy atom. The van der Waals surface area contributed by atoms with Crippen LogP contribution < -0.4 is 10.5 Å². The Morgan fingerprint density at radius 2 is 1.97 bits per heavy atom. The van der Waals surface area contributed by atoms with Crippen molar-refractivity contribution in [2.45, 2.75) is 19.1 Å². The van der Waals surface area contributed by atoms with Crippen molar-refractivity contribution in [3.63, 3.8) is 0 Å². The van der Waals surface area contributed by atoms with Crippen LogP contribution in [0.1, 0.15) is 17.4 Å². The fourth-order valence-corrected chi connectivity index (χ4v) is 4.74. The fraction of sp³-hybridized carbons (Fsp3) is 0.222. The number of benzene rings is 2. The lowest BCUT2D eigenvalue weighted by molar-refractivity contribution is 0.0397. The Hall–Kier alpha value is -3.75. The van der Waals surface area contributed by atoms with Gasteiger partial charge in [0, 0.05) is 37.3 Å². The molecule has 6 rings (SSSR count). The van der Waals surface area contributed by atoms with Crippen molar-refractivity contribution in [3.8, 4) is 0 Å². The minimum Gasteiger partial charge on any atom is -0.370 e. The predicted octanol–water partition coefficient (Wildman–Crippen LogP) is 4.43. The Morgan fingerprint density at radius 1 is 1.08 bits per heavy atom. The standard InChI is InChI=1S/C27H24FN5O2.ClH/c28-21-7-3-5-19(15-21)24-18-31(13-14-35-24)23-8-4-6-20-16-29-33(27(34)26(20)23)12-10-22-17-32-11-2-1-9-25(32)30-22;/h1-9,11,15-17,24H,10,12-14,18H2;1H. The normalized spacial score (nSPS) is 15.8. The smallest absolute Gasteiger partial charge is 0.276 e. The maximum Gasteiger partial charge on any atom is 0.276 e. The molecule has 36 heavy (non-hydrogen) atoms. The molecule has 1 unspecified atom stereocenters. The Kier molecular flexibility index (Phi) is 6.71. The summed E-state index contributed by atoms with van der Waals surface area (Å²) in [5.74, 6) is -0.284. The largest absolute Gasteiger partial charge is 0.370 e. The van der Waals surface area contributed by atoms with Gasteiger partial charge in [0.15, 0.2) is 0 Å². The number of halogens is 2. The van der Waals surface area contributed by atoms with Crippen LogP contribution in [0.2, 0.25) is 0 Å². The number of hydrogen-bond acceptors (Lipinski definition) is 5. The number of nitrogens with zero attached hydrogens (tertiary/aromatic N) is 5. The molecular formula is C27H25ClFN5O2. The van der Waals surface area contributed by atoms with Crippen molar-refractivity contribution >= 4 is 34.5 Å². The van der Waals surface area contributed by atoms with Crippen molar-refractivity contribution in [2.75, 3.05) is 24.6 Å². The number of pyridine rings is 1. The molecule has 1 aliphatic rings. The molecule has 0 aliphatic carbocycles. The molecule has 3 aromatic heterocycles. The van der Waals surface area contributed by atoms with E-state index in [1.165, 1.54) is 16.8 Å². The highest BCUT2D eigenvalue weighted by Crippen LogP contribution is 2.30. The van der Waals surface area contributed by atoms with Crippen LogP contribution in [0.25, 0.3) is 16.4 Å². The molecule has 9 heteroatoms. The zero-order valence-electron chi connectivity index (χ0n) is 19.5. The average Bonchev–Trinajstić information content (AvgIpc) is 3.31. The van der Waals surface area contributed by atoms with E-state index in [-0.39, 0.29) is 29.9 Å². The predicted molar refractivity (Wildman–Crippen MR) is 139 cm³/mol. The first-order valence-corrected chi connectivity index (χ1v) is 11.7. The molecule has 5 aromatic rings. The van der Waals surface area contributed by atoms with Crippen molar-refractivity contribution in [1.29, 1.82) is 0 Å². The monoisotopic (exact) mass is 505 g/mol. The SMILES string of the molecule is Cl.O=c1c2c(N3CCOC(c4cccc(F)c4)C3)cccc2cnn1CCc1cn2ccccc2n1. The highest BCUT2D eigenvalue weighted by atomic mass is 35.5. The molecule has 1 saturated heterocycles. The van der Waals surface area contributed by atoms with Crippen LogP contribution >= 0.6 is 12.4 Å². The number of aromatic nitrogens is 4. The first-order chi connectivity index (χ1) is 17.2. The van der Waals surface area contributed by atoms with E-state index in [0.29, 0.717) is 38.0 Å². The van der Waals surface area contributed by atoms with Gasteiger partial charge in [-0.05, 0) is 35.9 Å². The molecule has 1 atom stereocenters. The van der Waals surface area contributed by atoms with Gasteiger partial charge in [0.05, 0.1) is 36.1 Å². The Bertz CT molecular complexity index is 1550. The summed E-state index contributed by atoms with van der Waals surface area (Å²) in [7, 11) is 0. The highest BCUT2D eigenvalue weighted by Gasteiger charge is 2.24. The van der Waals surface area contributed by atoms with E-state index in [0.717, 1.165) is 28.0 Å². The quantitative estimate of drug-likeness (QED) is 0.354. The number of imidazole rings is 1. The maximum absolute atomic E-state index is 13.8. The van der Waals surface area contributed by atoms with Crippen molar-refractivity contribution in [2.24, 2.45) is 0 Å². The van der Waals surface area contributed by atoms with Crippen LogP contribution in [-0.4, -0.2) is 38.9 Å². The maximum atomic E-state index is 13.8. The van der Waals surface area contributed by atoms with Crippen LogP contribution in [0.15, 0.2) is 84.0 Å². The van der Waals surface area contributed by atoms with Gasteiger partial charge in [-0.3, -0.25) is 4.79 Å². The van der Waals surface area contributed by atoms with Crippen LogP contribution in [-0.2, 0) is 17.7 Å². The van der Waals surface area contributed by atoms with E-state index >= 15 is 0 Å². The lowest BCUT2D eigenvalue weighted by atomic mass is 10.1. The molecule has 1 fully saturated rings. The van der Waals surface area contributed by atoms with Crippen molar-refractivity contribution in [1.82, 2.24) is 19.2 Å². The molecular weight excluding hydrogens is 481 g/mol. The molecule has 2 aromatic carbocycles. The number of aryl methyl sites for hydroxylation is 2. The second-order valence-corrected chi connectivity index (χ2v) is 8.72. The van der Waals surface area contributed by atoms with Crippen LogP contribution in [0.4, 0.5) is 10.1 Å². The zero-order valence-corrected chi connectivity index (χ0v) is 20.3. The Labute approximate surface area is 213 Å². The van der Waals surface area contributed by atoms with Gasteiger partial charge >= 0.3 is 0 Å². The zero-order chi connectivity index (χ0) is 23.8. The van der Waals surface area contributed by atoms with Gasteiger partial charge in [-0.15, -0.1) is 12.4 Å². The van der Waals surface area contributed by atoms with E-state index in [1.807, 2.05) is 59.3 Å². The summed E-state index contributed by atoms with van der Waals surface area (Å²) < 4.78 is 23.2.